The number of hydrogen-bond donors (Lipinski definition) is 3. The van der Waals surface area contributed by atoms with Gasteiger partial charge in [-0.2, -0.15) is 5.10 Å². The Bertz CT molecular complexity index is 451. The van der Waals surface area contributed by atoms with Gasteiger partial charge in [-0.25, -0.2) is 0 Å². The van der Waals surface area contributed by atoms with Crippen LogP contribution in [-0.2, 0) is 4.79 Å². The third-order valence-corrected chi connectivity index (χ3v) is 3.89. The van der Waals surface area contributed by atoms with Crippen molar-refractivity contribution < 1.29 is 4.79 Å². The van der Waals surface area contributed by atoms with Gasteiger partial charge in [-0.15, -0.1) is 0 Å². The van der Waals surface area contributed by atoms with Crippen molar-refractivity contribution in [1.82, 2.24) is 10.2 Å². The number of amides is 1. The smallest absolute Gasteiger partial charge is 0.225 e. The highest BCUT2D eigenvalue weighted by molar-refractivity contribution is 7.80. The molecule has 0 bridgehead atoms. The molecule has 19 heavy (non-hydrogen) atoms. The number of aromatic nitrogens is 2. The lowest BCUT2D eigenvalue weighted by Gasteiger charge is -2.20. The number of nitrogens with zero attached hydrogens (tertiary/aromatic N) is 1. The van der Waals surface area contributed by atoms with Gasteiger partial charge >= 0.3 is 0 Å². The maximum absolute atomic E-state index is 11.9. The maximum Gasteiger partial charge on any atom is 0.225 e. The first-order valence-electron chi connectivity index (χ1n) is 6.80. The molecule has 1 fully saturated rings. The molecule has 1 heterocycles. The second kappa shape index (κ2) is 6.65. The van der Waals surface area contributed by atoms with E-state index in [1.807, 2.05) is 0 Å². The highest BCUT2D eigenvalue weighted by atomic mass is 32.1. The molecular formula is C13H20N4OS. The SMILES string of the molecule is NC(=S)c1cn[nH]c1NC(=O)CCC1CCCCC1. The van der Waals surface area contributed by atoms with Gasteiger partial charge in [0.1, 0.15) is 10.8 Å². The van der Waals surface area contributed by atoms with E-state index in [2.05, 4.69) is 15.5 Å². The minimum atomic E-state index is -0.00711. The van der Waals surface area contributed by atoms with E-state index in [0.717, 1.165) is 6.42 Å². The van der Waals surface area contributed by atoms with Gasteiger partial charge in [0.05, 0.1) is 11.8 Å². The van der Waals surface area contributed by atoms with Gasteiger partial charge in [0, 0.05) is 6.42 Å². The molecule has 4 N–H and O–H groups in total. The summed E-state index contributed by atoms with van der Waals surface area (Å²) < 4.78 is 0. The second-order valence-electron chi connectivity index (χ2n) is 5.11. The fraction of sp³-hybridized carbons (Fsp3) is 0.615. The van der Waals surface area contributed by atoms with Crippen LogP contribution in [0.25, 0.3) is 0 Å². The number of aromatic amines is 1. The molecule has 0 unspecified atom stereocenters. The Labute approximate surface area is 118 Å². The molecule has 0 radical (unpaired) electrons. The van der Waals surface area contributed by atoms with E-state index < -0.39 is 0 Å². The lowest BCUT2D eigenvalue weighted by atomic mass is 9.86. The van der Waals surface area contributed by atoms with Gasteiger partial charge in [0.2, 0.25) is 5.91 Å². The van der Waals surface area contributed by atoms with E-state index in [4.69, 9.17) is 18.0 Å². The molecule has 6 heteroatoms. The first-order valence-corrected chi connectivity index (χ1v) is 7.20. The average molecular weight is 280 g/mol. The number of hydrogen-bond acceptors (Lipinski definition) is 3. The zero-order valence-corrected chi connectivity index (χ0v) is 11.8. The third-order valence-electron chi connectivity index (χ3n) is 3.67. The topological polar surface area (TPSA) is 83.8 Å². The van der Waals surface area contributed by atoms with Crippen LogP contribution in [0.4, 0.5) is 5.82 Å². The van der Waals surface area contributed by atoms with Crippen LogP contribution in [0.2, 0.25) is 0 Å². The van der Waals surface area contributed by atoms with Crippen molar-refractivity contribution in [1.29, 1.82) is 0 Å². The Morgan fingerprint density at radius 3 is 2.89 bits per heavy atom. The van der Waals surface area contributed by atoms with Crippen molar-refractivity contribution in [3.63, 3.8) is 0 Å². The van der Waals surface area contributed by atoms with Gasteiger partial charge in [0.25, 0.3) is 0 Å². The van der Waals surface area contributed by atoms with Crippen LogP contribution in [0.5, 0.6) is 0 Å². The van der Waals surface area contributed by atoms with Gasteiger partial charge < -0.3 is 11.1 Å². The predicted octanol–water partition coefficient (Wildman–Crippen LogP) is 2.34. The molecule has 1 aromatic rings. The van der Waals surface area contributed by atoms with E-state index in [1.165, 1.54) is 38.3 Å². The maximum atomic E-state index is 11.9. The summed E-state index contributed by atoms with van der Waals surface area (Å²) >= 11 is 4.89. The Morgan fingerprint density at radius 2 is 2.21 bits per heavy atom. The van der Waals surface area contributed by atoms with Crippen LogP contribution in [0.15, 0.2) is 6.20 Å². The molecule has 0 atom stereocenters. The predicted molar refractivity (Wildman–Crippen MR) is 78.9 cm³/mol. The highest BCUT2D eigenvalue weighted by Gasteiger charge is 2.16. The van der Waals surface area contributed by atoms with E-state index >= 15 is 0 Å². The number of thiocarbonyl (C=S) groups is 1. The zero-order valence-electron chi connectivity index (χ0n) is 10.9. The van der Waals surface area contributed by atoms with E-state index in [1.54, 1.807) is 0 Å². The number of H-pyrrole nitrogens is 1. The normalized spacial score (nSPS) is 16.2. The first kappa shape index (κ1) is 14.0. The number of carbonyl (C=O) groups excluding carboxylic acids is 1. The van der Waals surface area contributed by atoms with Crippen molar-refractivity contribution in [3.8, 4) is 0 Å². The Hall–Kier alpha value is -1.43. The molecule has 1 aliphatic carbocycles. The monoisotopic (exact) mass is 280 g/mol. The van der Waals surface area contributed by atoms with Gasteiger partial charge in [-0.3, -0.25) is 9.89 Å². The Morgan fingerprint density at radius 1 is 1.47 bits per heavy atom. The van der Waals surface area contributed by atoms with E-state index in [9.17, 15) is 4.79 Å². The molecule has 0 saturated heterocycles. The number of nitrogens with one attached hydrogen (secondary N) is 2. The molecule has 1 aliphatic rings. The van der Waals surface area contributed by atoms with Gasteiger partial charge in [-0.05, 0) is 12.3 Å². The van der Waals surface area contributed by atoms with Crippen LogP contribution in [-0.4, -0.2) is 21.1 Å². The minimum Gasteiger partial charge on any atom is -0.389 e. The van der Waals surface area contributed by atoms with Crippen molar-refractivity contribution in [3.05, 3.63) is 11.8 Å². The number of rotatable bonds is 5. The van der Waals surface area contributed by atoms with Crippen LogP contribution in [0.3, 0.4) is 0 Å². The fourth-order valence-electron chi connectivity index (χ4n) is 2.58. The van der Waals surface area contributed by atoms with Crippen molar-refractivity contribution in [2.24, 2.45) is 11.7 Å². The number of anilines is 1. The summed E-state index contributed by atoms with van der Waals surface area (Å²) in [7, 11) is 0. The average Bonchev–Trinajstić information content (AvgIpc) is 2.86. The summed E-state index contributed by atoms with van der Waals surface area (Å²) in [6.07, 6.45) is 9.50. The van der Waals surface area contributed by atoms with Crippen molar-refractivity contribution >= 4 is 28.9 Å². The summed E-state index contributed by atoms with van der Waals surface area (Å²) in [4.78, 5) is 12.1. The molecule has 2 rings (SSSR count). The van der Waals surface area contributed by atoms with E-state index in [0.29, 0.717) is 23.7 Å². The Kier molecular flexibility index (Phi) is 4.90. The van der Waals surface area contributed by atoms with Crippen LogP contribution in [0.1, 0.15) is 50.5 Å². The second-order valence-corrected chi connectivity index (χ2v) is 5.55. The van der Waals surface area contributed by atoms with E-state index in [-0.39, 0.29) is 10.9 Å². The van der Waals surface area contributed by atoms with Crippen molar-refractivity contribution in [2.75, 3.05) is 5.32 Å². The van der Waals surface area contributed by atoms with Crippen LogP contribution >= 0.6 is 12.2 Å². The van der Waals surface area contributed by atoms with Gasteiger partial charge in [0.15, 0.2) is 0 Å². The molecule has 1 saturated carbocycles. The summed E-state index contributed by atoms with van der Waals surface area (Å²) in [5, 5.41) is 9.33. The molecule has 1 amide bonds. The van der Waals surface area contributed by atoms with Gasteiger partial charge in [-0.1, -0.05) is 44.3 Å². The molecular weight excluding hydrogens is 260 g/mol. The quantitative estimate of drug-likeness (QED) is 0.723. The third kappa shape index (κ3) is 4.02. The lowest BCUT2D eigenvalue weighted by molar-refractivity contribution is -0.116. The number of carbonyl (C=O) groups is 1. The molecule has 0 aromatic carbocycles. The first-order chi connectivity index (χ1) is 9.16. The number of nitrogens with two attached hydrogens (primary N) is 1. The van der Waals surface area contributed by atoms with Crippen LogP contribution in [0, 0.1) is 5.92 Å². The zero-order chi connectivity index (χ0) is 13.7. The largest absolute Gasteiger partial charge is 0.389 e. The van der Waals surface area contributed by atoms with Crippen molar-refractivity contribution in [2.45, 2.75) is 44.9 Å². The molecule has 0 spiro atoms. The summed E-state index contributed by atoms with van der Waals surface area (Å²) in [5.41, 5.74) is 6.13. The molecule has 5 nitrogen and oxygen atoms in total. The minimum absolute atomic E-state index is 0.00711. The fourth-order valence-corrected chi connectivity index (χ4v) is 2.74. The van der Waals surface area contributed by atoms with Crippen LogP contribution < -0.4 is 11.1 Å². The summed E-state index contributed by atoms with van der Waals surface area (Å²) in [5.74, 6) is 1.20. The summed E-state index contributed by atoms with van der Waals surface area (Å²) in [6, 6.07) is 0. The summed E-state index contributed by atoms with van der Waals surface area (Å²) in [6.45, 7) is 0. The Balaban J connectivity index is 1.80. The standard InChI is InChI=1S/C13H20N4OS/c14-12(19)10-8-15-17-13(10)16-11(18)7-6-9-4-2-1-3-5-9/h8-9H,1-7H2,(H2,14,19)(H2,15,16,17,18). The highest BCUT2D eigenvalue weighted by Crippen LogP contribution is 2.27. The molecule has 104 valence electrons. The lowest BCUT2D eigenvalue weighted by Crippen LogP contribution is -2.18. The molecule has 0 aliphatic heterocycles. The molecule has 1 aromatic heterocycles.